The molecule has 19 heavy (non-hydrogen) atoms. The third-order valence-corrected chi connectivity index (χ3v) is 3.55. The van der Waals surface area contributed by atoms with Crippen molar-refractivity contribution in [2.24, 2.45) is 0 Å². The van der Waals surface area contributed by atoms with E-state index in [2.05, 4.69) is 4.90 Å². The van der Waals surface area contributed by atoms with E-state index in [9.17, 15) is 14.3 Å². The Labute approximate surface area is 112 Å². The first-order chi connectivity index (χ1) is 9.10. The summed E-state index contributed by atoms with van der Waals surface area (Å²) in [5, 5.41) is 10.2. The zero-order chi connectivity index (χ0) is 13.8. The van der Waals surface area contributed by atoms with E-state index >= 15 is 0 Å². The second-order valence-electron chi connectivity index (χ2n) is 4.97. The van der Waals surface area contributed by atoms with Gasteiger partial charge < -0.3 is 10.0 Å². The Balaban J connectivity index is 1.92. The van der Waals surface area contributed by atoms with Crippen molar-refractivity contribution in [3.63, 3.8) is 0 Å². The van der Waals surface area contributed by atoms with Crippen LogP contribution in [0.25, 0.3) is 0 Å². The largest absolute Gasteiger partial charge is 0.387 e. The number of nitrogens with zero attached hydrogens (tertiary/aromatic N) is 2. The number of hydrogen-bond acceptors (Lipinski definition) is 3. The number of aliphatic hydroxyl groups excluding tert-OH is 1. The smallest absolute Gasteiger partial charge is 0.209 e. The molecule has 1 fully saturated rings. The number of hydrogen-bond donors (Lipinski definition) is 1. The minimum Gasteiger partial charge on any atom is -0.387 e. The van der Waals surface area contributed by atoms with E-state index in [0.717, 1.165) is 25.1 Å². The molecule has 0 spiro atoms. The maximum atomic E-state index is 13.2. The van der Waals surface area contributed by atoms with Gasteiger partial charge in [0.05, 0.1) is 6.10 Å². The van der Waals surface area contributed by atoms with Gasteiger partial charge in [-0.2, -0.15) is 0 Å². The molecule has 2 rings (SSSR count). The molecule has 5 heteroatoms. The molecule has 1 aromatic rings. The Morgan fingerprint density at radius 2 is 2.05 bits per heavy atom. The van der Waals surface area contributed by atoms with Crippen molar-refractivity contribution in [3.05, 3.63) is 35.1 Å². The summed E-state index contributed by atoms with van der Waals surface area (Å²) < 4.78 is 13.2. The van der Waals surface area contributed by atoms with Crippen LogP contribution >= 0.6 is 0 Å². The van der Waals surface area contributed by atoms with Gasteiger partial charge in [-0.15, -0.1) is 0 Å². The van der Waals surface area contributed by atoms with Gasteiger partial charge in [0.2, 0.25) is 6.41 Å². The minimum absolute atomic E-state index is 0.254. The second-order valence-corrected chi connectivity index (χ2v) is 4.97. The van der Waals surface area contributed by atoms with Crippen LogP contribution in [-0.4, -0.2) is 54.0 Å². The molecule has 1 atom stereocenters. The third kappa shape index (κ3) is 3.52. The van der Waals surface area contributed by atoms with Crippen LogP contribution in [0.5, 0.6) is 0 Å². The van der Waals surface area contributed by atoms with Crippen LogP contribution in [0.4, 0.5) is 4.39 Å². The average molecular weight is 266 g/mol. The molecule has 1 aliphatic rings. The summed E-state index contributed by atoms with van der Waals surface area (Å²) in [4.78, 5) is 14.4. The molecule has 1 aliphatic heterocycles. The summed E-state index contributed by atoms with van der Waals surface area (Å²) in [6.45, 7) is 5.11. The van der Waals surface area contributed by atoms with E-state index < -0.39 is 6.10 Å². The van der Waals surface area contributed by atoms with Gasteiger partial charge in [-0.25, -0.2) is 4.39 Å². The zero-order valence-corrected chi connectivity index (χ0v) is 11.1. The average Bonchev–Trinajstić information content (AvgIpc) is 2.42. The van der Waals surface area contributed by atoms with Crippen LogP contribution in [0.3, 0.4) is 0 Å². The number of amides is 1. The zero-order valence-electron chi connectivity index (χ0n) is 11.1. The lowest BCUT2D eigenvalue weighted by molar-refractivity contribution is -0.119. The van der Waals surface area contributed by atoms with Gasteiger partial charge in [0.1, 0.15) is 5.82 Å². The lowest BCUT2D eigenvalue weighted by Gasteiger charge is -2.33. The number of piperazine rings is 1. The van der Waals surface area contributed by atoms with E-state index in [4.69, 9.17) is 0 Å². The topological polar surface area (TPSA) is 43.8 Å². The quantitative estimate of drug-likeness (QED) is 0.825. The summed E-state index contributed by atoms with van der Waals surface area (Å²) in [5.41, 5.74) is 1.28. The second kappa shape index (κ2) is 6.12. The van der Waals surface area contributed by atoms with Gasteiger partial charge in [0.25, 0.3) is 0 Å². The standard InChI is InChI=1S/C14H19FN2O2/c1-11-8-12(2-3-13(11)15)14(19)9-16-4-6-17(10-18)7-5-16/h2-3,8,10,14,19H,4-7,9H2,1H3. The fraction of sp³-hybridized carbons (Fsp3) is 0.500. The molecule has 0 aromatic heterocycles. The Morgan fingerprint density at radius 1 is 1.37 bits per heavy atom. The van der Waals surface area contributed by atoms with Crippen molar-refractivity contribution in [1.82, 2.24) is 9.80 Å². The molecule has 1 aromatic carbocycles. The molecule has 4 nitrogen and oxygen atoms in total. The number of halogens is 1. The number of carbonyl (C=O) groups is 1. The number of rotatable bonds is 4. The van der Waals surface area contributed by atoms with E-state index in [1.165, 1.54) is 6.07 Å². The maximum absolute atomic E-state index is 13.2. The summed E-state index contributed by atoms with van der Waals surface area (Å²) in [6, 6.07) is 4.69. The first-order valence-corrected chi connectivity index (χ1v) is 6.46. The lowest BCUT2D eigenvalue weighted by atomic mass is 10.1. The van der Waals surface area contributed by atoms with E-state index in [1.807, 2.05) is 0 Å². The number of β-amino-alcohol motifs (C(OH)–C–C–N with tert-alkyl or cyclic N) is 1. The Morgan fingerprint density at radius 3 is 2.63 bits per heavy atom. The van der Waals surface area contributed by atoms with Gasteiger partial charge in [-0.3, -0.25) is 9.69 Å². The first kappa shape index (κ1) is 14.0. The van der Waals surface area contributed by atoms with Crippen molar-refractivity contribution >= 4 is 6.41 Å². The van der Waals surface area contributed by atoms with Crippen LogP contribution in [0.15, 0.2) is 18.2 Å². The molecule has 0 radical (unpaired) electrons. The van der Waals surface area contributed by atoms with Gasteiger partial charge in [0, 0.05) is 32.7 Å². The fourth-order valence-corrected chi connectivity index (χ4v) is 2.28. The molecule has 104 valence electrons. The third-order valence-electron chi connectivity index (χ3n) is 3.55. The SMILES string of the molecule is Cc1cc(C(O)CN2CCN(C=O)CC2)ccc1F. The van der Waals surface area contributed by atoms with Gasteiger partial charge in [-0.05, 0) is 24.1 Å². The molecular weight excluding hydrogens is 247 g/mol. The van der Waals surface area contributed by atoms with Crippen molar-refractivity contribution in [2.45, 2.75) is 13.0 Å². The van der Waals surface area contributed by atoms with Crippen molar-refractivity contribution in [3.8, 4) is 0 Å². The highest BCUT2D eigenvalue weighted by atomic mass is 19.1. The van der Waals surface area contributed by atoms with E-state index in [1.54, 1.807) is 24.0 Å². The number of carbonyl (C=O) groups excluding carboxylic acids is 1. The predicted molar refractivity (Wildman–Crippen MR) is 70.2 cm³/mol. The van der Waals surface area contributed by atoms with E-state index in [-0.39, 0.29) is 5.82 Å². The molecule has 0 aliphatic carbocycles. The fourth-order valence-electron chi connectivity index (χ4n) is 2.28. The Bertz CT molecular complexity index is 445. The van der Waals surface area contributed by atoms with Crippen LogP contribution < -0.4 is 0 Å². The van der Waals surface area contributed by atoms with Crippen molar-refractivity contribution in [2.75, 3.05) is 32.7 Å². The summed E-state index contributed by atoms with van der Waals surface area (Å²) in [5.74, 6) is -0.254. The Kier molecular flexibility index (Phi) is 4.50. The van der Waals surface area contributed by atoms with Crippen LogP contribution in [0, 0.1) is 12.7 Å². The lowest BCUT2D eigenvalue weighted by Crippen LogP contribution is -2.46. The first-order valence-electron chi connectivity index (χ1n) is 6.46. The van der Waals surface area contributed by atoms with Gasteiger partial charge in [-0.1, -0.05) is 12.1 Å². The molecule has 1 amide bonds. The monoisotopic (exact) mass is 266 g/mol. The summed E-state index contributed by atoms with van der Waals surface area (Å²) in [7, 11) is 0. The highest BCUT2D eigenvalue weighted by Crippen LogP contribution is 2.18. The number of benzene rings is 1. The molecule has 0 saturated carbocycles. The maximum Gasteiger partial charge on any atom is 0.209 e. The molecule has 1 unspecified atom stereocenters. The molecule has 1 N–H and O–H groups in total. The van der Waals surface area contributed by atoms with Crippen LogP contribution in [-0.2, 0) is 4.79 Å². The molecule has 1 heterocycles. The Hall–Kier alpha value is -1.46. The molecule has 0 bridgehead atoms. The van der Waals surface area contributed by atoms with Gasteiger partial charge in [0.15, 0.2) is 0 Å². The molecular formula is C14H19FN2O2. The van der Waals surface area contributed by atoms with Crippen molar-refractivity contribution < 1.29 is 14.3 Å². The van der Waals surface area contributed by atoms with E-state index in [0.29, 0.717) is 25.2 Å². The van der Waals surface area contributed by atoms with Gasteiger partial charge >= 0.3 is 0 Å². The molecule has 1 saturated heterocycles. The highest BCUT2D eigenvalue weighted by molar-refractivity contribution is 5.47. The number of aryl methyl sites for hydroxylation is 1. The predicted octanol–water partition coefficient (Wildman–Crippen LogP) is 0.942. The van der Waals surface area contributed by atoms with Crippen LogP contribution in [0.1, 0.15) is 17.2 Å². The van der Waals surface area contributed by atoms with Crippen LogP contribution in [0.2, 0.25) is 0 Å². The minimum atomic E-state index is -0.623. The highest BCUT2D eigenvalue weighted by Gasteiger charge is 2.19. The normalized spacial score (nSPS) is 18.4. The number of aliphatic hydroxyl groups is 1. The van der Waals surface area contributed by atoms with Crippen molar-refractivity contribution in [1.29, 1.82) is 0 Å². The summed E-state index contributed by atoms with van der Waals surface area (Å²) in [6.07, 6.45) is 0.235. The summed E-state index contributed by atoms with van der Waals surface area (Å²) >= 11 is 0.